The van der Waals surface area contributed by atoms with Gasteiger partial charge in [0.1, 0.15) is 6.54 Å². The Balaban J connectivity index is 2.34. The van der Waals surface area contributed by atoms with Crippen LogP contribution in [0.3, 0.4) is 0 Å². The minimum Gasteiger partial charge on any atom is -0.357 e. The number of hydrogen-bond donors (Lipinski definition) is 1. The summed E-state index contributed by atoms with van der Waals surface area (Å²) in [4.78, 5) is 1.08. The Bertz CT molecular complexity index is 472. The van der Waals surface area contributed by atoms with Gasteiger partial charge < -0.3 is 10.6 Å². The molecule has 19 heavy (non-hydrogen) atoms. The smallest absolute Gasteiger partial charge is 0.357 e. The van der Waals surface area contributed by atoms with Crippen LogP contribution in [0.1, 0.15) is 18.4 Å². The molecule has 1 fully saturated rings. The van der Waals surface area contributed by atoms with Crippen molar-refractivity contribution in [1.82, 2.24) is 0 Å². The highest BCUT2D eigenvalue weighted by Gasteiger charge is 2.39. The average molecular weight is 341 g/mol. The maximum atomic E-state index is 14.2. The van der Waals surface area contributed by atoms with E-state index in [2.05, 4.69) is 15.9 Å². The molecule has 1 aliphatic carbocycles. The Morgan fingerprint density at radius 2 is 1.95 bits per heavy atom. The van der Waals surface area contributed by atoms with Crippen LogP contribution in [0.4, 0.5) is 23.2 Å². The van der Waals surface area contributed by atoms with E-state index in [-0.39, 0.29) is 22.7 Å². The number of alkyl halides is 3. The van der Waals surface area contributed by atoms with E-state index >= 15 is 0 Å². The molecule has 0 bridgehead atoms. The molecule has 1 aromatic carbocycles. The number of anilines is 1. The summed E-state index contributed by atoms with van der Waals surface area (Å²) in [5.74, 6) is -0.681. The topological polar surface area (TPSA) is 29.3 Å². The van der Waals surface area contributed by atoms with Crippen LogP contribution in [0.15, 0.2) is 16.6 Å². The van der Waals surface area contributed by atoms with Crippen molar-refractivity contribution < 1.29 is 17.6 Å². The van der Waals surface area contributed by atoms with Crippen LogP contribution in [-0.2, 0) is 6.54 Å². The fraction of sp³-hybridized carbons (Fsp3) is 0.500. The maximum Gasteiger partial charge on any atom is 0.405 e. The molecular weight excluding hydrogens is 328 g/mol. The molecule has 0 radical (unpaired) electrons. The van der Waals surface area contributed by atoms with E-state index in [4.69, 9.17) is 5.73 Å². The summed E-state index contributed by atoms with van der Waals surface area (Å²) in [5, 5.41) is 0. The first-order valence-electron chi connectivity index (χ1n) is 5.84. The first-order chi connectivity index (χ1) is 8.83. The molecule has 0 heterocycles. The van der Waals surface area contributed by atoms with E-state index in [9.17, 15) is 17.6 Å². The van der Waals surface area contributed by atoms with Crippen LogP contribution in [0.5, 0.6) is 0 Å². The van der Waals surface area contributed by atoms with E-state index < -0.39 is 18.5 Å². The molecule has 106 valence electrons. The van der Waals surface area contributed by atoms with Crippen molar-refractivity contribution >= 4 is 21.6 Å². The van der Waals surface area contributed by atoms with Crippen molar-refractivity contribution in [2.45, 2.75) is 31.6 Å². The van der Waals surface area contributed by atoms with Crippen molar-refractivity contribution in [1.29, 1.82) is 0 Å². The first-order valence-corrected chi connectivity index (χ1v) is 6.63. The van der Waals surface area contributed by atoms with Gasteiger partial charge in [-0.3, -0.25) is 0 Å². The molecular formula is C12H13BrF4N2. The fourth-order valence-corrected chi connectivity index (χ4v) is 2.45. The molecule has 2 nitrogen and oxygen atoms in total. The lowest BCUT2D eigenvalue weighted by molar-refractivity contribution is -0.120. The summed E-state index contributed by atoms with van der Waals surface area (Å²) in [6, 6.07) is 2.69. The van der Waals surface area contributed by atoms with E-state index in [1.165, 1.54) is 6.07 Å². The van der Waals surface area contributed by atoms with Crippen molar-refractivity contribution in [3.8, 4) is 0 Å². The number of hydrogen-bond acceptors (Lipinski definition) is 2. The zero-order valence-electron chi connectivity index (χ0n) is 9.97. The van der Waals surface area contributed by atoms with Crippen LogP contribution in [-0.4, -0.2) is 18.8 Å². The average Bonchev–Trinajstić information content (AvgIpc) is 3.13. The van der Waals surface area contributed by atoms with Crippen LogP contribution >= 0.6 is 15.9 Å². The molecule has 1 aromatic rings. The highest BCUT2D eigenvalue weighted by Crippen LogP contribution is 2.38. The van der Waals surface area contributed by atoms with Gasteiger partial charge in [0, 0.05) is 12.6 Å². The minimum atomic E-state index is -4.35. The largest absolute Gasteiger partial charge is 0.405 e. The van der Waals surface area contributed by atoms with Crippen LogP contribution in [0, 0.1) is 5.82 Å². The lowest BCUT2D eigenvalue weighted by atomic mass is 10.1. The predicted octanol–water partition coefficient (Wildman–Crippen LogP) is 3.58. The second kappa shape index (κ2) is 5.28. The van der Waals surface area contributed by atoms with Crippen molar-refractivity contribution in [2.75, 3.05) is 11.4 Å². The number of nitrogens with two attached hydrogens (primary N) is 1. The standard InChI is InChI=1S/C12H13BrF4N2/c13-10-7(5-18)1-4-9(11(10)14)19(8-2-3-8)6-12(15,16)17/h1,4,8H,2-3,5-6,18H2. The van der Waals surface area contributed by atoms with E-state index in [0.717, 1.165) is 4.90 Å². The van der Waals surface area contributed by atoms with Crippen molar-refractivity contribution in [3.63, 3.8) is 0 Å². The van der Waals surface area contributed by atoms with Gasteiger partial charge in [0.2, 0.25) is 0 Å². The molecule has 2 N–H and O–H groups in total. The van der Waals surface area contributed by atoms with E-state index in [1.807, 2.05) is 0 Å². The van der Waals surface area contributed by atoms with Gasteiger partial charge in [-0.1, -0.05) is 6.07 Å². The molecule has 2 rings (SSSR count). The first kappa shape index (κ1) is 14.6. The highest BCUT2D eigenvalue weighted by molar-refractivity contribution is 9.10. The molecule has 0 aromatic heterocycles. The van der Waals surface area contributed by atoms with Crippen LogP contribution in [0.2, 0.25) is 0 Å². The quantitative estimate of drug-likeness (QED) is 0.849. The summed E-state index contributed by atoms with van der Waals surface area (Å²) >= 11 is 3.05. The van der Waals surface area contributed by atoms with Gasteiger partial charge in [0.05, 0.1) is 10.2 Å². The lowest BCUT2D eigenvalue weighted by Gasteiger charge is -2.27. The second-order valence-electron chi connectivity index (χ2n) is 4.55. The fourth-order valence-electron chi connectivity index (χ4n) is 1.95. The predicted molar refractivity (Wildman–Crippen MR) is 68.4 cm³/mol. The van der Waals surface area contributed by atoms with Gasteiger partial charge in [0.15, 0.2) is 5.82 Å². The van der Waals surface area contributed by atoms with Gasteiger partial charge in [-0.25, -0.2) is 4.39 Å². The number of rotatable bonds is 4. The summed E-state index contributed by atoms with van der Waals surface area (Å²) < 4.78 is 52.0. The molecule has 0 amide bonds. The third-order valence-corrected chi connectivity index (χ3v) is 3.87. The molecule has 0 unspecified atom stereocenters. The van der Waals surface area contributed by atoms with Crippen LogP contribution < -0.4 is 10.6 Å². The third kappa shape index (κ3) is 3.39. The van der Waals surface area contributed by atoms with Crippen molar-refractivity contribution in [3.05, 3.63) is 28.0 Å². The molecule has 1 aliphatic rings. The van der Waals surface area contributed by atoms with Crippen molar-refractivity contribution in [2.24, 2.45) is 5.73 Å². The van der Waals surface area contributed by atoms with Gasteiger partial charge in [0.25, 0.3) is 0 Å². The summed E-state index contributed by atoms with van der Waals surface area (Å²) in [6.07, 6.45) is -3.04. The van der Waals surface area contributed by atoms with E-state index in [0.29, 0.717) is 18.4 Å². The molecule has 1 saturated carbocycles. The van der Waals surface area contributed by atoms with Gasteiger partial charge >= 0.3 is 6.18 Å². The molecule has 0 spiro atoms. The Morgan fingerprint density at radius 1 is 1.32 bits per heavy atom. The molecule has 0 aliphatic heterocycles. The third-order valence-electron chi connectivity index (χ3n) is 3.01. The number of benzene rings is 1. The highest BCUT2D eigenvalue weighted by atomic mass is 79.9. The van der Waals surface area contributed by atoms with Gasteiger partial charge in [-0.2, -0.15) is 13.2 Å². The summed E-state index contributed by atoms with van der Waals surface area (Å²) in [5.41, 5.74) is 5.94. The van der Waals surface area contributed by atoms with Crippen LogP contribution in [0.25, 0.3) is 0 Å². The Labute approximate surface area is 116 Å². The second-order valence-corrected chi connectivity index (χ2v) is 5.34. The summed E-state index contributed by atoms with van der Waals surface area (Å²) in [7, 11) is 0. The molecule has 7 heteroatoms. The zero-order valence-corrected chi connectivity index (χ0v) is 11.6. The van der Waals surface area contributed by atoms with Gasteiger partial charge in [-0.15, -0.1) is 0 Å². The minimum absolute atomic E-state index is 0.0242. The molecule has 0 atom stereocenters. The molecule has 0 saturated heterocycles. The monoisotopic (exact) mass is 340 g/mol. The normalized spacial score (nSPS) is 15.7. The Morgan fingerprint density at radius 3 is 2.42 bits per heavy atom. The maximum absolute atomic E-state index is 14.2. The Hall–Kier alpha value is -0.820. The van der Waals surface area contributed by atoms with E-state index in [1.54, 1.807) is 6.07 Å². The lowest BCUT2D eigenvalue weighted by Crippen LogP contribution is -2.36. The number of nitrogens with zero attached hydrogens (tertiary/aromatic N) is 1. The zero-order chi connectivity index (χ0) is 14.2. The summed E-state index contributed by atoms with van der Waals surface area (Å²) in [6.45, 7) is -1.01. The van der Waals surface area contributed by atoms with Gasteiger partial charge in [-0.05, 0) is 40.4 Å². The SMILES string of the molecule is NCc1ccc(N(CC(F)(F)F)C2CC2)c(F)c1Br. The Kier molecular flexibility index (Phi) is 4.06. The number of halogens is 5.